The van der Waals surface area contributed by atoms with Crippen LogP contribution in [0, 0.1) is 19.7 Å². The number of hydrogen-bond acceptors (Lipinski definition) is 14. The number of alkyl halides is 3. The molecule has 368 valence electrons. The van der Waals surface area contributed by atoms with Gasteiger partial charge >= 0.3 is 36.0 Å². The summed E-state index contributed by atoms with van der Waals surface area (Å²) in [6.07, 6.45) is -9.35. The van der Waals surface area contributed by atoms with Crippen molar-refractivity contribution in [3.8, 4) is 11.5 Å². The quantitative estimate of drug-likeness (QED) is 0.0654. The van der Waals surface area contributed by atoms with Gasteiger partial charge in [-0.2, -0.15) is 13.2 Å². The number of carboxylic acid groups (broad SMARTS) is 2. The number of piperazine rings is 1. The van der Waals surface area contributed by atoms with Crippen LogP contribution in [0.15, 0.2) is 114 Å². The number of aryl methyl sites for hydroxylation is 2. The van der Waals surface area contributed by atoms with E-state index in [0.717, 1.165) is 28.9 Å². The molecule has 0 amide bonds. The van der Waals surface area contributed by atoms with E-state index in [2.05, 4.69) is 9.89 Å². The third-order valence-electron chi connectivity index (χ3n) is 11.3. The Morgan fingerprint density at radius 3 is 1.74 bits per heavy atom. The number of aliphatic carboxylic acids is 2. The first-order valence-electron chi connectivity index (χ1n) is 21.5. The van der Waals surface area contributed by atoms with E-state index in [1.807, 2.05) is 29.2 Å². The molecular formula is C50H48F4N4O12. The number of carboxylic acids is 2. The maximum Gasteiger partial charge on any atom is 0.416 e. The van der Waals surface area contributed by atoms with Crippen molar-refractivity contribution in [1.29, 1.82) is 0 Å². The van der Waals surface area contributed by atoms with E-state index < -0.39 is 65.7 Å². The van der Waals surface area contributed by atoms with Gasteiger partial charge in [0.25, 0.3) is 0 Å². The third-order valence-corrected chi connectivity index (χ3v) is 11.3. The van der Waals surface area contributed by atoms with Crippen LogP contribution in [0.2, 0.25) is 0 Å². The number of aliphatic imine (C=N–C) groups is 1. The molecule has 0 radical (unpaired) electrons. The van der Waals surface area contributed by atoms with Gasteiger partial charge in [0, 0.05) is 43.5 Å². The van der Waals surface area contributed by atoms with Gasteiger partial charge in [0.1, 0.15) is 23.0 Å². The molecule has 2 N–H and O–H groups in total. The van der Waals surface area contributed by atoms with E-state index in [-0.39, 0.29) is 40.6 Å². The number of anilines is 2. The number of nitrogens with zero attached hydrogens (tertiary/aromatic N) is 4. The van der Waals surface area contributed by atoms with Gasteiger partial charge in [0.15, 0.2) is 0 Å². The second-order valence-electron chi connectivity index (χ2n) is 15.9. The molecule has 1 unspecified atom stereocenters. The van der Waals surface area contributed by atoms with Gasteiger partial charge in [0.2, 0.25) is 18.2 Å². The summed E-state index contributed by atoms with van der Waals surface area (Å²) in [5.74, 6) is -5.78. The maximum atomic E-state index is 15.2. The first kappa shape index (κ1) is 51.2. The van der Waals surface area contributed by atoms with Crippen LogP contribution in [0.5, 0.6) is 11.5 Å². The molecule has 0 aromatic heterocycles. The number of carbonyl (C=O) groups is 5. The molecule has 5 aromatic rings. The molecule has 5 aromatic carbocycles. The summed E-state index contributed by atoms with van der Waals surface area (Å²) in [5.41, 5.74) is 2.26. The zero-order valence-electron chi connectivity index (χ0n) is 38.4. The number of benzene rings is 5. The molecule has 2 aliphatic rings. The van der Waals surface area contributed by atoms with Crippen LogP contribution in [0.3, 0.4) is 0 Å². The number of para-hydroxylation sites is 1. The minimum atomic E-state index is -4.64. The Balaban J connectivity index is 0.000000250. The van der Waals surface area contributed by atoms with Crippen LogP contribution < -0.4 is 19.3 Å². The van der Waals surface area contributed by atoms with Gasteiger partial charge in [0.05, 0.1) is 56.2 Å². The van der Waals surface area contributed by atoms with Crippen LogP contribution >= 0.6 is 0 Å². The Morgan fingerprint density at radius 2 is 1.24 bits per heavy atom. The number of guanidine groups is 1. The van der Waals surface area contributed by atoms with E-state index in [0.29, 0.717) is 37.5 Å². The van der Waals surface area contributed by atoms with Crippen molar-refractivity contribution < 1.29 is 75.4 Å². The van der Waals surface area contributed by atoms with Crippen molar-refractivity contribution in [3.05, 3.63) is 148 Å². The molecule has 2 heterocycles. The molecule has 16 nitrogen and oxygen atoms in total. The first-order valence-corrected chi connectivity index (χ1v) is 21.5. The summed E-state index contributed by atoms with van der Waals surface area (Å²) in [4.78, 5) is 70.2. The number of fused-ring (bicyclic) bond motifs is 1. The van der Waals surface area contributed by atoms with Gasteiger partial charge in [-0.1, -0.05) is 53.6 Å². The maximum absolute atomic E-state index is 15.2. The zero-order valence-corrected chi connectivity index (χ0v) is 38.4. The molecule has 7 rings (SSSR count). The number of methoxy groups -OCH3 is 3. The molecule has 1 fully saturated rings. The van der Waals surface area contributed by atoms with E-state index in [1.54, 1.807) is 51.3 Å². The fourth-order valence-electron chi connectivity index (χ4n) is 7.55. The van der Waals surface area contributed by atoms with Crippen molar-refractivity contribution in [1.82, 2.24) is 4.90 Å². The average Bonchev–Trinajstić information content (AvgIpc) is 3.35. The predicted molar refractivity (Wildman–Crippen MR) is 246 cm³/mol. The van der Waals surface area contributed by atoms with E-state index in [1.165, 1.54) is 61.6 Å². The van der Waals surface area contributed by atoms with E-state index in [9.17, 15) is 47.4 Å². The lowest BCUT2D eigenvalue weighted by atomic mass is 9.96. The van der Waals surface area contributed by atoms with Crippen LogP contribution in [0.1, 0.15) is 55.4 Å². The lowest BCUT2D eigenvalue weighted by Crippen LogP contribution is -2.55. The topological polar surface area (TPSA) is 194 Å². The Hall–Kier alpha value is -8.16. The minimum Gasteiger partial charge on any atom is -0.497 e. The number of rotatable bonds is 13. The predicted octanol–water partition coefficient (Wildman–Crippen LogP) is 8.02. The summed E-state index contributed by atoms with van der Waals surface area (Å²) in [6, 6.07) is 26.3. The first-order chi connectivity index (χ1) is 33.3. The highest BCUT2D eigenvalue weighted by atomic mass is 19.4. The number of carbonyl (C=O) groups excluding carboxylic acids is 3. The molecule has 1 saturated heterocycles. The number of esters is 3. The van der Waals surface area contributed by atoms with Crippen molar-refractivity contribution in [2.24, 2.45) is 4.99 Å². The lowest BCUT2D eigenvalue weighted by molar-refractivity contribution is -0.166. The lowest BCUT2D eigenvalue weighted by Gasteiger charge is -2.45. The van der Waals surface area contributed by atoms with Gasteiger partial charge in [-0.3, -0.25) is 4.79 Å². The summed E-state index contributed by atoms with van der Waals surface area (Å²) in [7, 11) is 4.17. The molecule has 3 atom stereocenters. The molecule has 70 heavy (non-hydrogen) atoms. The number of hydrogen-bond donors (Lipinski definition) is 2. The second kappa shape index (κ2) is 22.3. The van der Waals surface area contributed by atoms with Crippen LogP contribution in [-0.2, 0) is 34.8 Å². The molecule has 0 spiro atoms. The van der Waals surface area contributed by atoms with E-state index >= 15 is 4.39 Å². The Labute approximate surface area is 399 Å². The highest BCUT2D eigenvalue weighted by Gasteiger charge is 2.42. The normalized spacial score (nSPS) is 15.2. The largest absolute Gasteiger partial charge is 0.497 e. The Morgan fingerprint density at radius 1 is 0.700 bits per heavy atom. The van der Waals surface area contributed by atoms with Crippen molar-refractivity contribution in [3.63, 3.8) is 0 Å². The van der Waals surface area contributed by atoms with Gasteiger partial charge in [-0.25, -0.2) is 28.6 Å². The van der Waals surface area contributed by atoms with Crippen molar-refractivity contribution in [2.75, 3.05) is 57.3 Å². The Bertz CT molecular complexity index is 2670. The SMILES string of the molecule is COC(=O)CC1c2cccc(F)c2N=C(N2CCN(c3cccc(OC)c3)CC2)N1c1cc(C(F)(F)F)ccc1OC.Cc1ccc(C(=O)O[C@H](C(=O)O)[C@H](OC(=O)c2ccc(C)cc2)C(=O)O)cc1. The standard InChI is InChI=1S/C30H30F4N4O4.C20H18O8/c1-40-21-7-4-6-20(17-21)36-12-14-37(15-13-36)29-35-28-22(8-5-9-23(28)31)24(18-27(39)42-3)38(29)25-16-19(30(32,33)34)10-11-26(25)41-2;1-11-3-7-13(8-4-11)19(25)27-15(17(21)22)16(18(23)24)28-20(26)14-9-5-12(2)6-10-14/h4-11,16-17,24H,12-15,18H2,1-3H3;3-10,15-16H,1-2H3,(H,21,22)(H,23,24)/t;15-,16-/m.0/s1. The highest BCUT2D eigenvalue weighted by molar-refractivity contribution is 6.02. The summed E-state index contributed by atoms with van der Waals surface area (Å²) < 4.78 is 82.3. The van der Waals surface area contributed by atoms with Crippen LogP contribution in [0.25, 0.3) is 0 Å². The van der Waals surface area contributed by atoms with Crippen LogP contribution in [-0.4, -0.2) is 111 Å². The van der Waals surface area contributed by atoms with E-state index in [4.69, 9.17) is 23.7 Å². The van der Waals surface area contributed by atoms with Gasteiger partial charge in [-0.05, 0) is 74.5 Å². The third kappa shape index (κ3) is 12.1. The monoisotopic (exact) mass is 972 g/mol. The smallest absolute Gasteiger partial charge is 0.416 e. The highest BCUT2D eigenvalue weighted by Crippen LogP contribution is 2.46. The zero-order chi connectivity index (χ0) is 50.9. The molecular weight excluding hydrogens is 925 g/mol. The molecule has 20 heteroatoms. The molecule has 0 bridgehead atoms. The fraction of sp³-hybridized carbons (Fsp3) is 0.280. The molecule has 2 aliphatic heterocycles. The Kier molecular flexibility index (Phi) is 16.3. The summed E-state index contributed by atoms with van der Waals surface area (Å²) in [6.45, 7) is 5.52. The molecule has 0 saturated carbocycles. The van der Waals surface area contributed by atoms with Gasteiger partial charge in [-0.15, -0.1) is 0 Å². The fourth-order valence-corrected chi connectivity index (χ4v) is 7.55. The molecule has 0 aliphatic carbocycles. The number of ether oxygens (including phenoxy) is 5. The average molecular weight is 973 g/mol. The van der Waals surface area contributed by atoms with Gasteiger partial charge < -0.3 is 48.6 Å². The number of halogens is 4. The second-order valence-corrected chi connectivity index (χ2v) is 15.9. The summed E-state index contributed by atoms with van der Waals surface area (Å²) >= 11 is 0. The minimum absolute atomic E-state index is 0.0267. The summed E-state index contributed by atoms with van der Waals surface area (Å²) in [5, 5.41) is 18.6. The van der Waals surface area contributed by atoms with Crippen LogP contribution in [0.4, 0.5) is 34.6 Å². The van der Waals surface area contributed by atoms with Crippen molar-refractivity contribution >= 4 is 52.9 Å². The van der Waals surface area contributed by atoms with Crippen molar-refractivity contribution in [2.45, 2.75) is 44.7 Å².